The molecule has 2 aliphatic rings. The van der Waals surface area contributed by atoms with Gasteiger partial charge < -0.3 is 0 Å². The van der Waals surface area contributed by atoms with Crippen LogP contribution in [0.1, 0.15) is 52.9 Å². The Morgan fingerprint density at radius 2 is 2.06 bits per heavy atom. The summed E-state index contributed by atoms with van der Waals surface area (Å²) in [7, 11) is 0. The van der Waals surface area contributed by atoms with Crippen LogP contribution in [0.5, 0.6) is 0 Å². The normalized spacial score (nSPS) is 25.4. The number of rotatable bonds is 7. The minimum Gasteiger partial charge on any atom is -0.298 e. The Morgan fingerprint density at radius 3 is 2.47 bits per heavy atom. The lowest BCUT2D eigenvalue weighted by Crippen LogP contribution is -2.48. The van der Waals surface area contributed by atoms with Crippen LogP contribution in [0, 0.1) is 11.3 Å². The van der Waals surface area contributed by atoms with Crippen molar-refractivity contribution >= 4 is 0 Å². The largest absolute Gasteiger partial charge is 0.298 e. The molecule has 2 rings (SSSR count). The highest BCUT2D eigenvalue weighted by molar-refractivity contribution is 5.09. The summed E-state index contributed by atoms with van der Waals surface area (Å²) in [6.07, 6.45) is 6.11. The van der Waals surface area contributed by atoms with Gasteiger partial charge in [0.1, 0.15) is 5.54 Å². The molecular weight excluding hydrogens is 210 g/mol. The third kappa shape index (κ3) is 3.43. The van der Waals surface area contributed by atoms with Crippen molar-refractivity contribution in [2.45, 2.75) is 76.5 Å². The predicted molar refractivity (Wildman–Crippen MR) is 69.7 cm³/mol. The van der Waals surface area contributed by atoms with Crippen molar-refractivity contribution in [1.82, 2.24) is 10.2 Å². The Balaban J connectivity index is 1.89. The molecular formula is C14H25N3. The lowest BCUT2D eigenvalue weighted by Gasteiger charge is -2.33. The van der Waals surface area contributed by atoms with Gasteiger partial charge >= 0.3 is 0 Å². The van der Waals surface area contributed by atoms with Gasteiger partial charge in [-0.15, -0.1) is 0 Å². The molecule has 1 N–H and O–H groups in total. The van der Waals surface area contributed by atoms with Gasteiger partial charge in [0, 0.05) is 18.1 Å². The molecule has 2 unspecified atom stereocenters. The van der Waals surface area contributed by atoms with Crippen LogP contribution in [-0.2, 0) is 0 Å². The lowest BCUT2D eigenvalue weighted by molar-refractivity contribution is 0.175. The first kappa shape index (κ1) is 12.9. The number of nitrogens with zero attached hydrogens (tertiary/aromatic N) is 2. The van der Waals surface area contributed by atoms with Gasteiger partial charge in [0.05, 0.1) is 6.07 Å². The zero-order chi connectivity index (χ0) is 12.5. The highest BCUT2D eigenvalue weighted by Gasteiger charge is 2.37. The number of nitriles is 1. The second kappa shape index (κ2) is 4.96. The summed E-state index contributed by atoms with van der Waals surface area (Å²) in [6.45, 7) is 7.66. The average molecular weight is 235 g/mol. The lowest BCUT2D eigenvalue weighted by atomic mass is 9.94. The molecule has 0 radical (unpaired) electrons. The van der Waals surface area contributed by atoms with Crippen molar-refractivity contribution in [2.75, 3.05) is 6.54 Å². The highest BCUT2D eigenvalue weighted by Crippen LogP contribution is 2.31. The molecule has 2 saturated carbocycles. The third-order valence-electron chi connectivity index (χ3n) is 4.00. The third-order valence-corrected chi connectivity index (χ3v) is 4.00. The predicted octanol–water partition coefficient (Wildman–Crippen LogP) is 2.28. The molecule has 2 fully saturated rings. The molecule has 3 heteroatoms. The summed E-state index contributed by atoms with van der Waals surface area (Å²) in [4.78, 5) is 2.56. The maximum atomic E-state index is 9.39. The van der Waals surface area contributed by atoms with E-state index in [-0.39, 0.29) is 5.54 Å². The van der Waals surface area contributed by atoms with Crippen molar-refractivity contribution in [3.8, 4) is 6.07 Å². The first-order valence-electron chi connectivity index (χ1n) is 7.02. The molecule has 0 aromatic carbocycles. The van der Waals surface area contributed by atoms with E-state index in [1.165, 1.54) is 25.7 Å². The molecule has 0 aromatic rings. The molecule has 0 saturated heterocycles. The fourth-order valence-corrected chi connectivity index (χ4v) is 2.86. The van der Waals surface area contributed by atoms with E-state index in [1.807, 2.05) is 0 Å². The van der Waals surface area contributed by atoms with Gasteiger partial charge in [0.15, 0.2) is 0 Å². The quantitative estimate of drug-likeness (QED) is 0.736. The molecule has 0 bridgehead atoms. The van der Waals surface area contributed by atoms with Crippen LogP contribution >= 0.6 is 0 Å². The topological polar surface area (TPSA) is 39.1 Å². The smallest absolute Gasteiger partial charge is 0.105 e. The molecule has 2 atom stereocenters. The average Bonchev–Trinajstić information content (AvgIpc) is 3.12. The zero-order valence-electron chi connectivity index (χ0n) is 11.4. The highest BCUT2D eigenvalue weighted by atomic mass is 15.2. The van der Waals surface area contributed by atoms with Crippen LogP contribution < -0.4 is 5.32 Å². The fourth-order valence-electron chi connectivity index (χ4n) is 2.86. The molecule has 0 aliphatic heterocycles. The van der Waals surface area contributed by atoms with E-state index >= 15 is 0 Å². The summed E-state index contributed by atoms with van der Waals surface area (Å²) in [5.74, 6) is 0. The van der Waals surface area contributed by atoms with Crippen molar-refractivity contribution in [3.05, 3.63) is 0 Å². The van der Waals surface area contributed by atoms with Gasteiger partial charge in [-0.05, 0) is 52.5 Å². The van der Waals surface area contributed by atoms with Crippen molar-refractivity contribution in [2.24, 2.45) is 0 Å². The Bertz CT molecular complexity index is 301. The summed E-state index contributed by atoms with van der Waals surface area (Å²) in [5.41, 5.74) is -0.344. The Hall–Kier alpha value is -0.590. The minimum absolute atomic E-state index is 0.344. The number of hydrogen-bond donors (Lipinski definition) is 1. The van der Waals surface area contributed by atoms with Crippen LogP contribution in [0.3, 0.4) is 0 Å². The fraction of sp³-hybridized carbons (Fsp3) is 0.929. The number of hydrogen-bond acceptors (Lipinski definition) is 3. The van der Waals surface area contributed by atoms with Gasteiger partial charge in [-0.25, -0.2) is 0 Å². The van der Waals surface area contributed by atoms with Crippen LogP contribution in [0.4, 0.5) is 0 Å². The Morgan fingerprint density at radius 1 is 1.41 bits per heavy atom. The van der Waals surface area contributed by atoms with Gasteiger partial charge in [-0.3, -0.25) is 10.2 Å². The summed E-state index contributed by atoms with van der Waals surface area (Å²) < 4.78 is 0. The van der Waals surface area contributed by atoms with Crippen molar-refractivity contribution < 1.29 is 0 Å². The van der Waals surface area contributed by atoms with Crippen LogP contribution in [0.25, 0.3) is 0 Å². The van der Waals surface area contributed by atoms with E-state index in [0.29, 0.717) is 12.1 Å². The van der Waals surface area contributed by atoms with Gasteiger partial charge in [-0.1, -0.05) is 6.92 Å². The molecule has 17 heavy (non-hydrogen) atoms. The van der Waals surface area contributed by atoms with E-state index in [4.69, 9.17) is 0 Å². The van der Waals surface area contributed by atoms with Crippen LogP contribution in [0.2, 0.25) is 0 Å². The molecule has 2 aliphatic carbocycles. The number of nitrogens with one attached hydrogen (secondary N) is 1. The molecule has 0 spiro atoms. The SMILES string of the molecule is CCN(C(C)CC(C)(C#N)NC1CC1)C1CC1. The molecule has 0 amide bonds. The zero-order valence-corrected chi connectivity index (χ0v) is 11.4. The van der Waals surface area contributed by atoms with Gasteiger partial charge in [0.2, 0.25) is 0 Å². The van der Waals surface area contributed by atoms with E-state index in [9.17, 15) is 5.26 Å². The standard InChI is InChI=1S/C14H25N3/c1-4-17(13-7-8-13)11(2)9-14(3,10-15)16-12-5-6-12/h11-13,16H,4-9H2,1-3H3. The van der Waals surface area contributed by atoms with Crippen molar-refractivity contribution in [3.63, 3.8) is 0 Å². The van der Waals surface area contributed by atoms with E-state index in [2.05, 4.69) is 37.1 Å². The second-order valence-electron chi connectivity index (χ2n) is 5.98. The van der Waals surface area contributed by atoms with E-state index in [1.54, 1.807) is 0 Å². The Kier molecular flexibility index (Phi) is 3.75. The first-order valence-corrected chi connectivity index (χ1v) is 7.02. The van der Waals surface area contributed by atoms with Crippen LogP contribution in [-0.4, -0.2) is 35.1 Å². The molecule has 0 heterocycles. The molecule has 0 aromatic heterocycles. The Labute approximate surface area is 105 Å². The summed E-state index contributed by atoms with van der Waals surface area (Å²) >= 11 is 0. The molecule has 3 nitrogen and oxygen atoms in total. The van der Waals surface area contributed by atoms with E-state index in [0.717, 1.165) is 19.0 Å². The van der Waals surface area contributed by atoms with Gasteiger partial charge in [0.25, 0.3) is 0 Å². The monoisotopic (exact) mass is 235 g/mol. The first-order chi connectivity index (χ1) is 8.08. The second-order valence-corrected chi connectivity index (χ2v) is 5.98. The van der Waals surface area contributed by atoms with E-state index < -0.39 is 0 Å². The van der Waals surface area contributed by atoms with Gasteiger partial charge in [-0.2, -0.15) is 5.26 Å². The molecule has 96 valence electrons. The summed E-state index contributed by atoms with van der Waals surface area (Å²) in [5, 5.41) is 12.9. The van der Waals surface area contributed by atoms with Crippen molar-refractivity contribution in [1.29, 1.82) is 5.26 Å². The summed E-state index contributed by atoms with van der Waals surface area (Å²) in [6, 6.07) is 4.37. The maximum absolute atomic E-state index is 9.39. The van der Waals surface area contributed by atoms with Crippen LogP contribution in [0.15, 0.2) is 0 Å². The maximum Gasteiger partial charge on any atom is 0.105 e. The minimum atomic E-state index is -0.344.